The van der Waals surface area contributed by atoms with E-state index < -0.39 is 27.6 Å². The van der Waals surface area contributed by atoms with E-state index in [0.29, 0.717) is 11.6 Å². The topological polar surface area (TPSA) is 43.4 Å². The fourth-order valence-corrected chi connectivity index (χ4v) is 3.43. The van der Waals surface area contributed by atoms with Gasteiger partial charge >= 0.3 is 0 Å². The van der Waals surface area contributed by atoms with E-state index in [-0.39, 0.29) is 28.4 Å². The zero-order chi connectivity index (χ0) is 16.1. The lowest BCUT2D eigenvalue weighted by Crippen LogP contribution is -2.19. The van der Waals surface area contributed by atoms with Gasteiger partial charge in [-0.05, 0) is 17.7 Å². The summed E-state index contributed by atoms with van der Waals surface area (Å²) in [5.41, 5.74) is 0.469. The molecule has 1 aliphatic rings. The van der Waals surface area contributed by atoms with Crippen LogP contribution in [-0.2, 0) is 16.3 Å². The Hall–Kier alpha value is -2.02. The second kappa shape index (κ2) is 5.01. The molecule has 0 fully saturated rings. The number of halogens is 3. The van der Waals surface area contributed by atoms with Crippen molar-refractivity contribution in [3.63, 3.8) is 0 Å². The molecular formula is C15H11F3O3S. The summed E-state index contributed by atoms with van der Waals surface area (Å²) in [5, 5.41) is 0. The zero-order valence-corrected chi connectivity index (χ0v) is 12.3. The third-order valence-electron chi connectivity index (χ3n) is 3.43. The summed E-state index contributed by atoms with van der Waals surface area (Å²) in [6.45, 7) is 0. The van der Waals surface area contributed by atoms with E-state index >= 15 is 0 Å². The van der Waals surface area contributed by atoms with Gasteiger partial charge < -0.3 is 4.74 Å². The highest BCUT2D eigenvalue weighted by molar-refractivity contribution is 7.90. The van der Waals surface area contributed by atoms with Crippen molar-refractivity contribution in [2.45, 2.75) is 17.5 Å². The van der Waals surface area contributed by atoms with Gasteiger partial charge in [-0.1, -0.05) is 0 Å². The Labute approximate surface area is 125 Å². The van der Waals surface area contributed by atoms with E-state index in [1.165, 1.54) is 12.1 Å². The number of hydrogen-bond donors (Lipinski definition) is 0. The predicted octanol–water partition coefficient (Wildman–Crippen LogP) is 3.73. The Kier molecular flexibility index (Phi) is 3.40. The summed E-state index contributed by atoms with van der Waals surface area (Å²) in [4.78, 5) is 0.0502. The lowest BCUT2D eigenvalue weighted by atomic mass is 9.86. The first-order valence-corrected chi connectivity index (χ1v) is 8.28. The molecule has 1 unspecified atom stereocenters. The maximum atomic E-state index is 13.8. The minimum atomic E-state index is -3.47. The van der Waals surface area contributed by atoms with Crippen LogP contribution in [-0.4, -0.2) is 14.7 Å². The molecule has 7 heteroatoms. The molecule has 0 bridgehead atoms. The molecule has 3 nitrogen and oxygen atoms in total. The molecule has 0 saturated heterocycles. The van der Waals surface area contributed by atoms with Crippen LogP contribution in [0.5, 0.6) is 11.5 Å². The van der Waals surface area contributed by atoms with Crippen molar-refractivity contribution in [2.75, 3.05) is 6.26 Å². The third-order valence-corrected chi connectivity index (χ3v) is 4.62. The smallest absolute Gasteiger partial charge is 0.175 e. The second-order valence-electron chi connectivity index (χ2n) is 5.11. The minimum absolute atomic E-state index is 0.0214. The molecule has 1 aliphatic carbocycles. The van der Waals surface area contributed by atoms with Crippen molar-refractivity contribution in [3.8, 4) is 11.5 Å². The monoisotopic (exact) mass is 328 g/mol. The van der Waals surface area contributed by atoms with Gasteiger partial charge in [0.1, 0.15) is 29.3 Å². The van der Waals surface area contributed by atoms with E-state index in [4.69, 9.17) is 4.74 Å². The van der Waals surface area contributed by atoms with Gasteiger partial charge in [0, 0.05) is 36.4 Å². The summed E-state index contributed by atoms with van der Waals surface area (Å²) in [7, 11) is -3.47. The Morgan fingerprint density at radius 2 is 1.77 bits per heavy atom. The normalized spacial score (nSPS) is 16.8. The summed E-state index contributed by atoms with van der Waals surface area (Å²) >= 11 is 0. The van der Waals surface area contributed by atoms with Crippen molar-refractivity contribution in [2.24, 2.45) is 0 Å². The van der Waals surface area contributed by atoms with Crippen LogP contribution >= 0.6 is 0 Å². The number of benzene rings is 2. The molecule has 0 heterocycles. The van der Waals surface area contributed by atoms with Crippen molar-refractivity contribution in [3.05, 3.63) is 53.1 Å². The average molecular weight is 328 g/mol. The molecule has 0 amide bonds. The first-order valence-electron chi connectivity index (χ1n) is 6.39. The highest BCUT2D eigenvalue weighted by Crippen LogP contribution is 2.46. The van der Waals surface area contributed by atoms with Gasteiger partial charge in [0.05, 0.1) is 4.90 Å². The molecule has 0 radical (unpaired) electrons. The molecule has 2 aromatic carbocycles. The molecule has 0 saturated carbocycles. The number of ether oxygens (including phenoxy) is 1. The molecule has 1 atom stereocenters. The van der Waals surface area contributed by atoms with Crippen LogP contribution in [0.15, 0.2) is 35.2 Å². The van der Waals surface area contributed by atoms with E-state index in [1.54, 1.807) is 0 Å². The van der Waals surface area contributed by atoms with Crippen molar-refractivity contribution in [1.29, 1.82) is 0 Å². The van der Waals surface area contributed by atoms with Gasteiger partial charge in [0.25, 0.3) is 0 Å². The largest absolute Gasteiger partial charge is 0.457 e. The van der Waals surface area contributed by atoms with Crippen LogP contribution in [0.3, 0.4) is 0 Å². The predicted molar refractivity (Wildman–Crippen MR) is 73.5 cm³/mol. The second-order valence-corrected chi connectivity index (χ2v) is 7.09. The van der Waals surface area contributed by atoms with Crippen LogP contribution in [0.4, 0.5) is 13.2 Å². The lowest BCUT2D eigenvalue weighted by Gasteiger charge is -2.28. The van der Waals surface area contributed by atoms with Crippen molar-refractivity contribution < 1.29 is 26.3 Å². The van der Waals surface area contributed by atoms with E-state index in [2.05, 4.69) is 0 Å². The Bertz CT molecular complexity index is 842. The van der Waals surface area contributed by atoms with Gasteiger partial charge in [-0.3, -0.25) is 0 Å². The van der Waals surface area contributed by atoms with Gasteiger partial charge in [0.2, 0.25) is 0 Å². The summed E-state index contributed by atoms with van der Waals surface area (Å²) in [6.07, 6.45) is -0.339. The van der Waals surface area contributed by atoms with Crippen molar-refractivity contribution in [1.82, 2.24) is 0 Å². The van der Waals surface area contributed by atoms with E-state index in [1.807, 2.05) is 0 Å². The standard InChI is InChI=1S/C15H11F3O3S/c1-22(19,20)14-3-2-13(15-11(14)7-12(15)18)21-10-5-8(16)4-9(17)6-10/h2-6,12H,7H2,1H3. The van der Waals surface area contributed by atoms with Crippen LogP contribution in [0.1, 0.15) is 17.3 Å². The Balaban J connectivity index is 2.04. The average Bonchev–Trinajstić information content (AvgIpc) is 2.34. The van der Waals surface area contributed by atoms with Gasteiger partial charge in [0.15, 0.2) is 9.84 Å². The molecule has 0 N–H and O–H groups in total. The Morgan fingerprint density at radius 3 is 2.32 bits per heavy atom. The number of alkyl halides is 1. The number of fused-ring (bicyclic) bond motifs is 1. The van der Waals surface area contributed by atoms with E-state index in [9.17, 15) is 21.6 Å². The lowest BCUT2D eigenvalue weighted by molar-refractivity contribution is 0.290. The minimum Gasteiger partial charge on any atom is -0.457 e. The van der Waals surface area contributed by atoms with Gasteiger partial charge in [-0.15, -0.1) is 0 Å². The fraction of sp³-hybridized carbons (Fsp3) is 0.200. The van der Waals surface area contributed by atoms with Crippen molar-refractivity contribution >= 4 is 9.84 Å². The molecule has 0 aliphatic heterocycles. The van der Waals surface area contributed by atoms with Gasteiger partial charge in [-0.25, -0.2) is 21.6 Å². The quantitative estimate of drug-likeness (QED) is 0.862. The van der Waals surface area contributed by atoms with Crippen LogP contribution in [0.25, 0.3) is 0 Å². The molecule has 22 heavy (non-hydrogen) atoms. The molecule has 116 valence electrons. The highest BCUT2D eigenvalue weighted by atomic mass is 32.2. The SMILES string of the molecule is CS(=O)(=O)c1ccc(Oc2cc(F)cc(F)c2)c2c1CC2F. The van der Waals surface area contributed by atoms with Crippen LogP contribution < -0.4 is 4.74 Å². The molecule has 0 spiro atoms. The zero-order valence-electron chi connectivity index (χ0n) is 11.4. The van der Waals surface area contributed by atoms with E-state index in [0.717, 1.165) is 18.4 Å². The summed E-state index contributed by atoms with van der Waals surface area (Å²) in [5.74, 6) is -1.70. The first-order chi connectivity index (χ1) is 10.3. The highest BCUT2D eigenvalue weighted by Gasteiger charge is 2.35. The summed E-state index contributed by atoms with van der Waals surface area (Å²) < 4.78 is 68.7. The number of sulfone groups is 1. The maximum absolute atomic E-state index is 13.8. The van der Waals surface area contributed by atoms with Crippen LogP contribution in [0, 0.1) is 11.6 Å². The maximum Gasteiger partial charge on any atom is 0.175 e. The molecular weight excluding hydrogens is 317 g/mol. The van der Waals surface area contributed by atoms with Crippen LogP contribution in [0.2, 0.25) is 0 Å². The molecule has 0 aromatic heterocycles. The summed E-state index contributed by atoms with van der Waals surface area (Å²) in [6, 6.07) is 5.22. The third kappa shape index (κ3) is 2.56. The number of rotatable bonds is 3. The van der Waals surface area contributed by atoms with Gasteiger partial charge in [-0.2, -0.15) is 0 Å². The molecule has 2 aromatic rings. The fourth-order valence-electron chi connectivity index (χ4n) is 2.48. The number of hydrogen-bond acceptors (Lipinski definition) is 3. The molecule has 3 rings (SSSR count). The Morgan fingerprint density at radius 1 is 1.14 bits per heavy atom. The first kappa shape index (κ1) is 14.9.